The van der Waals surface area contributed by atoms with Crippen molar-refractivity contribution in [2.45, 2.75) is 45.1 Å². The summed E-state index contributed by atoms with van der Waals surface area (Å²) in [6.07, 6.45) is 5.55. The summed E-state index contributed by atoms with van der Waals surface area (Å²) in [5, 5.41) is 0. The number of rotatable bonds is 4. The van der Waals surface area contributed by atoms with Crippen LogP contribution in [0.5, 0.6) is 0 Å². The predicted octanol–water partition coefficient (Wildman–Crippen LogP) is 3.69. The van der Waals surface area contributed by atoms with E-state index in [2.05, 4.69) is 12.3 Å². The molecular weight excluding hydrogens is 246 g/mol. The zero-order valence-corrected chi connectivity index (χ0v) is 11.3. The Labute approximate surface area is 113 Å². The highest BCUT2D eigenvalue weighted by Crippen LogP contribution is 2.38. The number of nitrogens with one attached hydrogen (secondary N) is 1. The van der Waals surface area contributed by atoms with Gasteiger partial charge in [0.15, 0.2) is 11.6 Å². The van der Waals surface area contributed by atoms with Crippen LogP contribution in [0.2, 0.25) is 0 Å². The van der Waals surface area contributed by atoms with Gasteiger partial charge in [-0.2, -0.15) is 0 Å². The molecule has 1 aromatic rings. The molecule has 1 aliphatic rings. The van der Waals surface area contributed by atoms with E-state index < -0.39 is 11.6 Å². The molecule has 1 saturated carbocycles. The number of halogens is 2. The molecule has 1 aromatic carbocycles. The first-order valence-corrected chi connectivity index (χ1v) is 7.07. The molecule has 19 heavy (non-hydrogen) atoms. The van der Waals surface area contributed by atoms with Crippen molar-refractivity contribution in [1.82, 2.24) is 5.43 Å². The third-order valence-electron chi connectivity index (χ3n) is 4.37. The quantitative estimate of drug-likeness (QED) is 0.645. The average Bonchev–Trinajstić information content (AvgIpc) is 2.44. The van der Waals surface area contributed by atoms with Gasteiger partial charge in [-0.25, -0.2) is 8.78 Å². The summed E-state index contributed by atoms with van der Waals surface area (Å²) in [4.78, 5) is 0. The molecule has 106 valence electrons. The highest BCUT2D eigenvalue weighted by Gasteiger charge is 2.30. The van der Waals surface area contributed by atoms with E-state index in [1.807, 2.05) is 0 Å². The normalized spacial score (nSPS) is 25.3. The molecule has 2 nitrogen and oxygen atoms in total. The minimum atomic E-state index is -0.805. The lowest BCUT2D eigenvalue weighted by Gasteiger charge is -2.34. The third kappa shape index (κ3) is 3.12. The van der Waals surface area contributed by atoms with E-state index in [1.54, 1.807) is 6.07 Å². The lowest BCUT2D eigenvalue weighted by molar-refractivity contribution is 0.206. The molecule has 0 aromatic heterocycles. The Morgan fingerprint density at radius 2 is 2.16 bits per heavy atom. The van der Waals surface area contributed by atoms with Gasteiger partial charge in [-0.1, -0.05) is 38.3 Å². The monoisotopic (exact) mass is 268 g/mol. The molecule has 1 fully saturated rings. The van der Waals surface area contributed by atoms with Gasteiger partial charge in [0, 0.05) is 5.56 Å². The molecule has 0 spiro atoms. The van der Waals surface area contributed by atoms with E-state index in [9.17, 15) is 8.78 Å². The topological polar surface area (TPSA) is 38.0 Å². The van der Waals surface area contributed by atoms with Gasteiger partial charge in [-0.3, -0.25) is 11.3 Å². The molecule has 0 amide bonds. The van der Waals surface area contributed by atoms with Gasteiger partial charge in [-0.05, 0) is 30.7 Å². The smallest absolute Gasteiger partial charge is 0.163 e. The van der Waals surface area contributed by atoms with E-state index in [-0.39, 0.29) is 12.0 Å². The maximum atomic E-state index is 13.9. The van der Waals surface area contributed by atoms with E-state index >= 15 is 0 Å². The van der Waals surface area contributed by atoms with E-state index in [4.69, 9.17) is 5.84 Å². The van der Waals surface area contributed by atoms with Crippen molar-refractivity contribution >= 4 is 0 Å². The van der Waals surface area contributed by atoms with Crippen molar-refractivity contribution in [1.29, 1.82) is 0 Å². The average molecular weight is 268 g/mol. The Morgan fingerprint density at radius 1 is 1.37 bits per heavy atom. The summed E-state index contributed by atoms with van der Waals surface area (Å²) in [5.41, 5.74) is 3.05. The summed E-state index contributed by atoms with van der Waals surface area (Å²) < 4.78 is 27.2. The molecule has 0 saturated heterocycles. The molecule has 4 heteroatoms. The van der Waals surface area contributed by atoms with Gasteiger partial charge >= 0.3 is 0 Å². The zero-order valence-electron chi connectivity index (χ0n) is 11.3. The Balaban J connectivity index is 2.21. The predicted molar refractivity (Wildman–Crippen MR) is 72.2 cm³/mol. The molecular formula is C15H22F2N2. The molecule has 0 aliphatic heterocycles. The second kappa shape index (κ2) is 6.44. The number of hydrogen-bond donors (Lipinski definition) is 2. The summed E-state index contributed by atoms with van der Waals surface area (Å²) >= 11 is 0. The summed E-state index contributed by atoms with van der Waals surface area (Å²) in [7, 11) is 0. The molecule has 0 radical (unpaired) electrons. The molecule has 0 bridgehead atoms. The van der Waals surface area contributed by atoms with Crippen molar-refractivity contribution in [3.05, 3.63) is 35.4 Å². The van der Waals surface area contributed by atoms with Crippen molar-refractivity contribution < 1.29 is 8.78 Å². The number of nitrogens with two attached hydrogens (primary N) is 1. The molecule has 3 atom stereocenters. The third-order valence-corrected chi connectivity index (χ3v) is 4.37. The number of benzene rings is 1. The van der Waals surface area contributed by atoms with Gasteiger partial charge in [0.2, 0.25) is 0 Å². The van der Waals surface area contributed by atoms with Gasteiger partial charge in [0.25, 0.3) is 0 Å². The lowest BCUT2D eigenvalue weighted by atomic mass is 9.75. The Kier molecular flexibility index (Phi) is 4.88. The zero-order chi connectivity index (χ0) is 13.8. The molecule has 2 rings (SSSR count). The van der Waals surface area contributed by atoms with Gasteiger partial charge < -0.3 is 0 Å². The molecule has 0 heterocycles. The second-order valence-corrected chi connectivity index (χ2v) is 5.49. The van der Waals surface area contributed by atoms with Crippen LogP contribution >= 0.6 is 0 Å². The largest absolute Gasteiger partial charge is 0.271 e. The number of hydrazine groups is 1. The molecule has 3 unspecified atom stereocenters. The first-order chi connectivity index (χ1) is 9.17. The summed E-state index contributed by atoms with van der Waals surface area (Å²) in [6.45, 7) is 2.18. The van der Waals surface area contributed by atoms with Crippen LogP contribution in [0.15, 0.2) is 18.2 Å². The standard InChI is InChI=1S/C15H22F2N2/c1-2-10-5-3-6-11(9-10)15(19-18)12-7-4-8-13(16)14(12)17/h4,7-8,10-11,15,19H,2-3,5-6,9,18H2,1H3. The van der Waals surface area contributed by atoms with Gasteiger partial charge in [-0.15, -0.1) is 0 Å². The Morgan fingerprint density at radius 3 is 2.84 bits per heavy atom. The van der Waals surface area contributed by atoms with E-state index in [0.717, 1.165) is 31.7 Å². The van der Waals surface area contributed by atoms with E-state index in [1.165, 1.54) is 12.5 Å². The van der Waals surface area contributed by atoms with Crippen LogP contribution in [0.4, 0.5) is 8.78 Å². The Hall–Kier alpha value is -1.00. The second-order valence-electron chi connectivity index (χ2n) is 5.49. The van der Waals surface area contributed by atoms with Crippen LogP contribution in [-0.4, -0.2) is 0 Å². The summed E-state index contributed by atoms with van der Waals surface area (Å²) in [6, 6.07) is 4.00. The lowest BCUT2D eigenvalue weighted by Crippen LogP contribution is -2.36. The van der Waals surface area contributed by atoms with Crippen LogP contribution in [-0.2, 0) is 0 Å². The first-order valence-electron chi connectivity index (χ1n) is 7.07. The summed E-state index contributed by atoms with van der Waals surface area (Å²) in [5.74, 6) is 4.97. The van der Waals surface area contributed by atoms with E-state index in [0.29, 0.717) is 11.5 Å². The van der Waals surface area contributed by atoms with Crippen molar-refractivity contribution in [2.24, 2.45) is 17.7 Å². The minimum Gasteiger partial charge on any atom is -0.271 e. The van der Waals surface area contributed by atoms with Crippen molar-refractivity contribution in [3.63, 3.8) is 0 Å². The first kappa shape index (κ1) is 14.4. The van der Waals surface area contributed by atoms with Crippen LogP contribution in [0, 0.1) is 23.5 Å². The highest BCUT2D eigenvalue weighted by molar-refractivity contribution is 5.23. The molecule has 3 N–H and O–H groups in total. The fourth-order valence-corrected chi connectivity index (χ4v) is 3.25. The van der Waals surface area contributed by atoms with Crippen LogP contribution in [0.25, 0.3) is 0 Å². The van der Waals surface area contributed by atoms with Crippen molar-refractivity contribution in [2.75, 3.05) is 0 Å². The highest BCUT2D eigenvalue weighted by atomic mass is 19.2. The number of hydrogen-bond acceptors (Lipinski definition) is 2. The Bertz CT molecular complexity index is 423. The fourth-order valence-electron chi connectivity index (χ4n) is 3.25. The van der Waals surface area contributed by atoms with Crippen LogP contribution < -0.4 is 11.3 Å². The van der Waals surface area contributed by atoms with Gasteiger partial charge in [0.1, 0.15) is 0 Å². The SMILES string of the molecule is CCC1CCCC(C(NN)c2cccc(F)c2F)C1. The van der Waals surface area contributed by atoms with Gasteiger partial charge in [0.05, 0.1) is 6.04 Å². The fraction of sp³-hybridized carbons (Fsp3) is 0.600. The van der Waals surface area contributed by atoms with Crippen LogP contribution in [0.3, 0.4) is 0 Å². The molecule has 1 aliphatic carbocycles. The van der Waals surface area contributed by atoms with Crippen molar-refractivity contribution in [3.8, 4) is 0 Å². The minimum absolute atomic E-state index is 0.278. The van der Waals surface area contributed by atoms with Crippen LogP contribution in [0.1, 0.15) is 50.6 Å². The maximum absolute atomic E-state index is 13.9. The maximum Gasteiger partial charge on any atom is 0.163 e.